The summed E-state index contributed by atoms with van der Waals surface area (Å²) in [5.74, 6) is -1.92. The largest absolute Gasteiger partial charge is 0.379 e. The summed E-state index contributed by atoms with van der Waals surface area (Å²) in [6, 6.07) is 10.6. The van der Waals surface area contributed by atoms with Gasteiger partial charge < -0.3 is 24.8 Å². The van der Waals surface area contributed by atoms with Crippen LogP contribution in [0.2, 0.25) is 0 Å². The third-order valence-electron chi connectivity index (χ3n) is 8.83. The summed E-state index contributed by atoms with van der Waals surface area (Å²) < 4.78 is 18.3. The number of hydrogen-bond acceptors (Lipinski definition) is 12. The first-order valence-corrected chi connectivity index (χ1v) is 18.9. The lowest BCUT2D eigenvalue weighted by Crippen LogP contribution is -3.12. The number of carbonyl (C=O) groups is 4. The van der Waals surface area contributed by atoms with Gasteiger partial charge in [0, 0.05) is 57.4 Å². The zero-order valence-electron chi connectivity index (χ0n) is 32.9. The van der Waals surface area contributed by atoms with Gasteiger partial charge in [-0.3, -0.25) is 44.9 Å². The molecule has 0 aliphatic carbocycles. The van der Waals surface area contributed by atoms with Gasteiger partial charge in [-0.05, 0) is 67.8 Å². The second-order valence-electron chi connectivity index (χ2n) is 13.6. The van der Waals surface area contributed by atoms with Gasteiger partial charge in [-0.15, -0.1) is 0 Å². The Kier molecular flexibility index (Phi) is 18.7. The third kappa shape index (κ3) is 16.1. The molecule has 5 N–H and O–H groups in total. The Morgan fingerprint density at radius 1 is 1.00 bits per heavy atom. The molecule has 1 saturated heterocycles. The van der Waals surface area contributed by atoms with Crippen LogP contribution in [-0.2, 0) is 46.6 Å². The Morgan fingerprint density at radius 3 is 2.55 bits per heavy atom. The van der Waals surface area contributed by atoms with Gasteiger partial charge >= 0.3 is 17.7 Å². The van der Waals surface area contributed by atoms with Crippen LogP contribution in [0.25, 0.3) is 0 Å². The zero-order valence-corrected chi connectivity index (χ0v) is 32.9. The SMILES string of the molecule is Cc1cncc(CON(C)CCOCCOCC[NH+](C)C(=O)c2ccc[n+](CC(=O)Nc3ccc(NNC(=O)C(=O)NCCCN4CCOCC4)c(C)c3)c2)c1. The normalized spacial score (nSPS) is 13.6. The Morgan fingerprint density at radius 2 is 1.79 bits per heavy atom. The molecule has 1 aliphatic heterocycles. The molecule has 0 spiro atoms. The fourth-order valence-corrected chi connectivity index (χ4v) is 5.64. The number of hydrogen-bond donors (Lipinski definition) is 5. The molecule has 1 atom stereocenters. The van der Waals surface area contributed by atoms with Gasteiger partial charge in [-0.2, -0.15) is 9.63 Å². The van der Waals surface area contributed by atoms with E-state index in [2.05, 4.69) is 31.4 Å². The maximum Gasteiger partial charge on any atom is 0.350 e. The lowest BCUT2D eigenvalue weighted by Gasteiger charge is -2.26. The van der Waals surface area contributed by atoms with Crippen LogP contribution in [0.5, 0.6) is 0 Å². The number of anilines is 2. The van der Waals surface area contributed by atoms with Gasteiger partial charge in [-0.25, -0.2) is 4.79 Å². The Hall–Kier alpha value is -4.88. The Bertz CT molecular complexity index is 1720. The molecule has 17 nitrogen and oxygen atoms in total. The van der Waals surface area contributed by atoms with Gasteiger partial charge in [0.05, 0.1) is 59.0 Å². The summed E-state index contributed by atoms with van der Waals surface area (Å²) in [5.41, 5.74) is 9.61. The smallest absolute Gasteiger partial charge is 0.350 e. The molecule has 1 unspecified atom stereocenters. The number of amides is 4. The number of rotatable bonds is 22. The molecular weight excluding hydrogens is 722 g/mol. The highest BCUT2D eigenvalue weighted by Gasteiger charge is 2.21. The maximum atomic E-state index is 13.1. The quantitative estimate of drug-likeness (QED) is 0.0388. The van der Waals surface area contributed by atoms with Crippen molar-refractivity contribution in [2.75, 3.05) is 104 Å². The third-order valence-corrected chi connectivity index (χ3v) is 8.83. The van der Waals surface area contributed by atoms with Crippen molar-refractivity contribution in [2.24, 2.45) is 0 Å². The lowest BCUT2D eigenvalue weighted by molar-refractivity contribution is -0.792. The molecule has 3 heterocycles. The molecule has 56 heavy (non-hydrogen) atoms. The summed E-state index contributed by atoms with van der Waals surface area (Å²) in [6.07, 6.45) is 7.71. The number of likely N-dealkylation sites (N-methyl/N-ethyl adjacent to an activating group) is 2. The van der Waals surface area contributed by atoms with E-state index in [1.165, 1.54) is 0 Å². The van der Waals surface area contributed by atoms with Crippen LogP contribution in [0.15, 0.2) is 61.2 Å². The number of hydroxylamine groups is 2. The van der Waals surface area contributed by atoms with E-state index in [0.717, 1.165) is 42.7 Å². The van der Waals surface area contributed by atoms with E-state index in [-0.39, 0.29) is 18.4 Å². The molecule has 0 saturated carbocycles. The molecule has 1 aliphatic rings. The molecule has 3 aromatic rings. The highest BCUT2D eigenvalue weighted by molar-refractivity contribution is 6.35. The molecule has 0 bridgehead atoms. The van der Waals surface area contributed by atoms with Gasteiger partial charge in [0.1, 0.15) is 12.1 Å². The fraction of sp³-hybridized carbons (Fsp3) is 0.487. The van der Waals surface area contributed by atoms with Crippen molar-refractivity contribution in [3.05, 3.63) is 83.4 Å². The van der Waals surface area contributed by atoms with Crippen LogP contribution in [0, 0.1) is 13.8 Å². The summed E-state index contributed by atoms with van der Waals surface area (Å²) >= 11 is 0. The number of benzene rings is 1. The van der Waals surface area contributed by atoms with Crippen molar-refractivity contribution in [3.63, 3.8) is 0 Å². The molecule has 0 radical (unpaired) electrons. The topological polar surface area (TPSA) is 181 Å². The first-order chi connectivity index (χ1) is 27.1. The predicted molar refractivity (Wildman–Crippen MR) is 207 cm³/mol. The number of hydrazine groups is 1. The average molecular weight is 780 g/mol. The van der Waals surface area contributed by atoms with E-state index in [1.807, 2.05) is 20.0 Å². The van der Waals surface area contributed by atoms with Crippen LogP contribution in [0.4, 0.5) is 11.4 Å². The maximum absolute atomic E-state index is 13.1. The minimum Gasteiger partial charge on any atom is -0.379 e. The summed E-state index contributed by atoms with van der Waals surface area (Å²) in [7, 11) is 3.64. The van der Waals surface area contributed by atoms with Crippen LogP contribution in [0.3, 0.4) is 0 Å². The fourth-order valence-electron chi connectivity index (χ4n) is 5.64. The average Bonchev–Trinajstić information content (AvgIpc) is 3.19. The van der Waals surface area contributed by atoms with Crippen molar-refractivity contribution in [1.82, 2.24) is 25.7 Å². The second-order valence-corrected chi connectivity index (χ2v) is 13.6. The van der Waals surface area contributed by atoms with Gasteiger partial charge in [0.25, 0.3) is 5.91 Å². The standard InChI is InChI=1S/C39H55N9O8/c1-30-23-32(26-40-25-30)29-56-46(4)14-18-55-22-21-54-17-13-45(3)39(52)33-7-5-11-48(27-33)28-36(49)42-34-8-9-35(31(2)24-34)43-44-38(51)37(50)41-10-6-12-47-15-19-53-20-16-47/h5,7-9,11,23-27H,6,10,12-22,28-29H2,1-4H3,(H3-,41,42,43,44,49,50,51)/p+2. The molecule has 4 rings (SSSR count). The number of nitrogens with zero attached hydrogens (tertiary/aromatic N) is 4. The molecule has 17 heteroatoms. The summed E-state index contributed by atoms with van der Waals surface area (Å²) in [5, 5.41) is 7.23. The minimum absolute atomic E-state index is 0.00787. The number of aromatic nitrogens is 2. The number of quaternary nitrogens is 1. The number of nitrogens with one attached hydrogen (secondary N) is 5. The Labute approximate surface area is 328 Å². The minimum atomic E-state index is -0.803. The van der Waals surface area contributed by atoms with Crippen molar-refractivity contribution in [3.8, 4) is 0 Å². The van der Waals surface area contributed by atoms with Crippen LogP contribution in [-0.4, -0.2) is 132 Å². The molecule has 4 amide bonds. The number of carbonyl (C=O) groups excluding carboxylic acids is 4. The van der Waals surface area contributed by atoms with Crippen LogP contribution < -0.4 is 31.0 Å². The molecule has 1 fully saturated rings. The highest BCUT2D eigenvalue weighted by atomic mass is 16.7. The lowest BCUT2D eigenvalue weighted by atomic mass is 10.2. The van der Waals surface area contributed by atoms with E-state index >= 15 is 0 Å². The Balaban J connectivity index is 1.08. The molecular formula is C39H57N9O8+2. The number of aryl methyl sites for hydroxylation is 2. The molecule has 1 aromatic carbocycles. The van der Waals surface area contributed by atoms with E-state index < -0.39 is 11.8 Å². The van der Waals surface area contributed by atoms with Crippen LogP contribution >= 0.6 is 0 Å². The first kappa shape index (κ1) is 43.8. The molecule has 304 valence electrons. The number of morpholine rings is 1. The number of ether oxygens (including phenoxy) is 3. The predicted octanol–water partition coefficient (Wildman–Crippen LogP) is -0.342. The highest BCUT2D eigenvalue weighted by Crippen LogP contribution is 2.19. The van der Waals surface area contributed by atoms with Gasteiger partial charge in [-0.1, -0.05) is 6.07 Å². The van der Waals surface area contributed by atoms with E-state index in [4.69, 9.17) is 19.0 Å². The first-order valence-electron chi connectivity index (χ1n) is 18.9. The summed E-state index contributed by atoms with van der Waals surface area (Å²) in [4.78, 5) is 63.2. The van der Waals surface area contributed by atoms with Gasteiger partial charge in [0.2, 0.25) is 6.54 Å². The van der Waals surface area contributed by atoms with Crippen molar-refractivity contribution in [1.29, 1.82) is 0 Å². The number of pyridine rings is 2. The zero-order chi connectivity index (χ0) is 40.1. The van der Waals surface area contributed by atoms with Gasteiger partial charge in [0.15, 0.2) is 12.4 Å². The monoisotopic (exact) mass is 779 g/mol. The van der Waals surface area contributed by atoms with Crippen molar-refractivity contribution >= 4 is 35.0 Å². The van der Waals surface area contributed by atoms with Crippen molar-refractivity contribution in [2.45, 2.75) is 33.4 Å². The summed E-state index contributed by atoms with van der Waals surface area (Å²) in [6.45, 7) is 11.4. The van der Waals surface area contributed by atoms with Crippen LogP contribution in [0.1, 0.15) is 33.5 Å². The van der Waals surface area contributed by atoms with E-state index in [1.54, 1.807) is 78.7 Å². The van der Waals surface area contributed by atoms with E-state index in [0.29, 0.717) is 87.7 Å². The second kappa shape index (κ2) is 23.9. The van der Waals surface area contributed by atoms with E-state index in [9.17, 15) is 19.2 Å². The van der Waals surface area contributed by atoms with Crippen molar-refractivity contribution < 1.29 is 47.7 Å². The molecule has 2 aromatic heterocycles.